The molecule has 3 heterocycles. The van der Waals surface area contributed by atoms with Crippen molar-refractivity contribution in [1.29, 1.82) is 0 Å². The fourth-order valence-corrected chi connectivity index (χ4v) is 15.9. The molecule has 11 aliphatic rings. The van der Waals surface area contributed by atoms with Gasteiger partial charge in [-0.25, -0.2) is 4.79 Å². The van der Waals surface area contributed by atoms with Crippen molar-refractivity contribution in [3.63, 3.8) is 0 Å². The summed E-state index contributed by atoms with van der Waals surface area (Å²) in [6.45, 7) is 16.2. The lowest BCUT2D eigenvalue weighted by molar-refractivity contribution is -0.173. The van der Waals surface area contributed by atoms with E-state index in [0.717, 1.165) is 68.1 Å². The number of carbonyl (C=O) groups excluding carboxylic acids is 3. The van der Waals surface area contributed by atoms with Crippen LogP contribution in [0.15, 0.2) is 58.7 Å². The molecule has 2 spiro atoms. The third-order valence-corrected chi connectivity index (χ3v) is 19.5. The molecule has 10 nitrogen and oxygen atoms in total. The van der Waals surface area contributed by atoms with Crippen molar-refractivity contribution in [2.75, 3.05) is 6.61 Å². The lowest BCUT2D eigenvalue weighted by atomic mass is 9.46. The molecular weight excluding hydrogens is 785 g/mol. The van der Waals surface area contributed by atoms with Gasteiger partial charge in [-0.05, 0) is 141 Å². The van der Waals surface area contributed by atoms with Gasteiger partial charge in [-0.3, -0.25) is 9.59 Å². The number of ether oxygens (including phenoxy) is 5. The van der Waals surface area contributed by atoms with E-state index < -0.39 is 41.5 Å². The van der Waals surface area contributed by atoms with E-state index in [0.29, 0.717) is 48.7 Å². The molecule has 0 aromatic carbocycles. The Morgan fingerprint density at radius 1 is 0.952 bits per heavy atom. The molecule has 10 heteroatoms. The molecule has 2 N–H and O–H groups in total. The lowest BCUT2D eigenvalue weighted by Gasteiger charge is -2.54. The van der Waals surface area contributed by atoms with E-state index in [4.69, 9.17) is 23.7 Å². The van der Waals surface area contributed by atoms with E-state index in [2.05, 4.69) is 65.5 Å². The summed E-state index contributed by atoms with van der Waals surface area (Å²) in [4.78, 5) is 40.0. The van der Waals surface area contributed by atoms with Gasteiger partial charge in [0.15, 0.2) is 5.60 Å². The lowest BCUT2D eigenvalue weighted by Crippen LogP contribution is -2.67. The van der Waals surface area contributed by atoms with Crippen molar-refractivity contribution in [1.82, 2.24) is 0 Å². The molecule has 3 aliphatic heterocycles. The molecule has 7 saturated carbocycles. The molecule has 2 saturated heterocycles. The number of aliphatic hydroxyl groups excluding tert-OH is 2. The minimum Gasteiger partial charge on any atom is -0.458 e. The van der Waals surface area contributed by atoms with Crippen LogP contribution in [0.4, 0.5) is 0 Å². The Labute approximate surface area is 366 Å². The highest BCUT2D eigenvalue weighted by Crippen LogP contribution is 2.87. The van der Waals surface area contributed by atoms with E-state index in [9.17, 15) is 24.6 Å². The highest BCUT2D eigenvalue weighted by atomic mass is 16.7. The van der Waals surface area contributed by atoms with Crippen molar-refractivity contribution in [3.05, 3.63) is 58.7 Å². The van der Waals surface area contributed by atoms with Gasteiger partial charge in [0.05, 0.1) is 37.3 Å². The Bertz CT molecular complexity index is 2090. The van der Waals surface area contributed by atoms with Gasteiger partial charge < -0.3 is 33.9 Å². The normalized spacial score (nSPS) is 48.0. The van der Waals surface area contributed by atoms with Gasteiger partial charge in [0.25, 0.3) is 0 Å². The van der Waals surface area contributed by atoms with E-state index in [1.54, 1.807) is 0 Å². The quantitative estimate of drug-likeness (QED) is 0.0910. The van der Waals surface area contributed by atoms with E-state index in [1.807, 2.05) is 0 Å². The van der Waals surface area contributed by atoms with Crippen LogP contribution in [0.2, 0.25) is 0 Å². The molecule has 9 fully saturated rings. The second-order valence-corrected chi connectivity index (χ2v) is 22.6. The number of rotatable bonds is 11. The first kappa shape index (κ1) is 41.6. The second-order valence-electron chi connectivity index (χ2n) is 22.6. The monoisotopic (exact) mass is 852 g/mol. The van der Waals surface area contributed by atoms with Gasteiger partial charge >= 0.3 is 17.9 Å². The standard InChI is InChI=1S/C52H68O10/c1-27(2)50-25-39(50)45-52(62-45)49(6)21-19-34-35(26-58-46(34)57)38(49)24-42-51(52,61-42)47(50)60-44(56)18-17-43(55)59-41-23-33(53)22-32(29(41)4)13-10-30-8-7-20-48(5)36(14-15-37(30)48)28(3)9-16-40(54)31-11-12-31/h9-10,13,16,27-28,31,33,36-42,45,47,53-54H,4,7-8,11-12,14-15,17-26H2,1-3,5-6H3/b16-9+,30-10+,32-13-/t28-,33+,36?,37?,38-,39-,40?,41-,42-,45-,47+,48+,49-,50+,51+,52+/m0/s1. The van der Waals surface area contributed by atoms with Gasteiger partial charge in [-0.2, -0.15) is 0 Å². The largest absolute Gasteiger partial charge is 0.458 e. The molecule has 62 heavy (non-hydrogen) atoms. The minimum atomic E-state index is -0.739. The maximum absolute atomic E-state index is 13.9. The first-order chi connectivity index (χ1) is 29.6. The van der Waals surface area contributed by atoms with E-state index in [-0.39, 0.29) is 77.5 Å². The highest BCUT2D eigenvalue weighted by Gasteiger charge is 3.00. The van der Waals surface area contributed by atoms with Gasteiger partial charge in [-0.15, -0.1) is 0 Å². The number of allylic oxidation sites excluding steroid dienone is 4. The molecule has 3 unspecified atom stereocenters. The molecule has 16 atom stereocenters. The average Bonchev–Trinajstić information content (AvgIpc) is 4.07. The van der Waals surface area contributed by atoms with Crippen molar-refractivity contribution in [3.8, 4) is 0 Å². The van der Waals surface area contributed by atoms with Gasteiger partial charge in [-0.1, -0.05) is 71.1 Å². The van der Waals surface area contributed by atoms with Crippen LogP contribution < -0.4 is 0 Å². The molecule has 11 rings (SSSR count). The summed E-state index contributed by atoms with van der Waals surface area (Å²) >= 11 is 0. The number of carbonyl (C=O) groups is 3. The van der Waals surface area contributed by atoms with E-state index in [1.165, 1.54) is 18.4 Å². The second kappa shape index (κ2) is 14.2. The van der Waals surface area contributed by atoms with Crippen molar-refractivity contribution >= 4 is 17.9 Å². The fraction of sp³-hybridized carbons (Fsp3) is 0.750. The molecule has 8 aliphatic carbocycles. The summed E-state index contributed by atoms with van der Waals surface area (Å²) in [5, 5.41) is 21.5. The molecule has 0 bridgehead atoms. The third kappa shape index (κ3) is 5.82. The zero-order valence-electron chi connectivity index (χ0n) is 37.5. The Morgan fingerprint density at radius 2 is 1.73 bits per heavy atom. The molecule has 0 radical (unpaired) electrons. The molecule has 0 amide bonds. The topological polar surface area (TPSA) is 144 Å². The molecule has 0 aromatic heterocycles. The Kier molecular flexibility index (Phi) is 9.55. The predicted octanol–water partition coefficient (Wildman–Crippen LogP) is 7.96. The van der Waals surface area contributed by atoms with Crippen LogP contribution in [0.25, 0.3) is 0 Å². The van der Waals surface area contributed by atoms with Gasteiger partial charge in [0.2, 0.25) is 0 Å². The molecule has 0 aromatic rings. The maximum Gasteiger partial charge on any atom is 0.334 e. The summed E-state index contributed by atoms with van der Waals surface area (Å²) < 4.78 is 31.9. The zero-order valence-corrected chi connectivity index (χ0v) is 37.5. The van der Waals surface area contributed by atoms with Crippen molar-refractivity contribution in [2.24, 2.45) is 57.7 Å². The van der Waals surface area contributed by atoms with Gasteiger partial charge in [0.1, 0.15) is 24.4 Å². The zero-order chi connectivity index (χ0) is 43.3. The van der Waals surface area contributed by atoms with Crippen LogP contribution >= 0.6 is 0 Å². The smallest absolute Gasteiger partial charge is 0.334 e. The summed E-state index contributed by atoms with van der Waals surface area (Å²) in [7, 11) is 0. The third-order valence-electron chi connectivity index (χ3n) is 19.5. The number of cyclic esters (lactones) is 1. The molecular formula is C52H68O10. The average molecular weight is 853 g/mol. The number of epoxide rings is 2. The van der Waals surface area contributed by atoms with Crippen LogP contribution in [0.1, 0.15) is 131 Å². The van der Waals surface area contributed by atoms with Crippen molar-refractivity contribution < 1.29 is 48.3 Å². The fourth-order valence-electron chi connectivity index (χ4n) is 15.9. The first-order valence-corrected chi connectivity index (χ1v) is 24.4. The maximum atomic E-state index is 13.9. The SMILES string of the molecule is C=C1/C(=C\C=C2/CCC[C@@]3(C)C2CCC3[C@@H](C)/C=C/C(O)C2CC2)C[C@@H](O)C[C@@H]1OC(=O)CCC(=O)O[C@@H]1[C@@]2(C(C)C)C[C@H]2[C@@H]2O[C@]23[C@]12O[C@H]2C[C@H]1C2=C(CC[C@@]13C)C(=O)OC2. The van der Waals surface area contributed by atoms with Crippen LogP contribution in [0.5, 0.6) is 0 Å². The molecule has 336 valence electrons. The number of hydrogen-bond acceptors (Lipinski definition) is 10. The first-order valence-electron chi connectivity index (χ1n) is 24.4. The van der Waals surface area contributed by atoms with Crippen LogP contribution in [-0.2, 0) is 38.1 Å². The van der Waals surface area contributed by atoms with Crippen molar-refractivity contribution in [2.45, 2.75) is 179 Å². The Balaban J connectivity index is 0.738. The van der Waals surface area contributed by atoms with Crippen LogP contribution in [0.3, 0.4) is 0 Å². The Morgan fingerprint density at radius 3 is 2.48 bits per heavy atom. The van der Waals surface area contributed by atoms with Gasteiger partial charge in [0, 0.05) is 22.8 Å². The minimum absolute atomic E-state index is 0.0360. The summed E-state index contributed by atoms with van der Waals surface area (Å²) in [5.74, 6) is 1.43. The van der Waals surface area contributed by atoms with E-state index >= 15 is 0 Å². The number of fused-ring (bicyclic) bond motifs is 5. The summed E-state index contributed by atoms with van der Waals surface area (Å²) in [6.07, 6.45) is 18.1. The predicted molar refractivity (Wildman–Crippen MR) is 229 cm³/mol. The van der Waals surface area contributed by atoms with Crippen LogP contribution in [0, 0.1) is 57.7 Å². The number of esters is 3. The Hall–Kier alpha value is -3.05. The number of hydrogen-bond donors (Lipinski definition) is 2. The summed E-state index contributed by atoms with van der Waals surface area (Å²) in [6, 6.07) is 0. The highest BCUT2D eigenvalue weighted by molar-refractivity contribution is 5.92. The summed E-state index contributed by atoms with van der Waals surface area (Å²) in [5.41, 5.74) is 3.39. The number of aliphatic hydroxyl groups is 2. The van der Waals surface area contributed by atoms with Crippen LogP contribution in [-0.4, -0.2) is 82.6 Å².